The molecule has 0 aromatic heterocycles. The minimum atomic E-state index is -0.329. The molecule has 0 bridgehead atoms. The van der Waals surface area contributed by atoms with Gasteiger partial charge >= 0.3 is 0 Å². The Hall–Kier alpha value is -2.67. The molecule has 0 radical (unpaired) electrons. The lowest BCUT2D eigenvalue weighted by Crippen LogP contribution is -2.22. The molecule has 2 rings (SSSR count). The van der Waals surface area contributed by atoms with Gasteiger partial charge in [0.05, 0.1) is 11.6 Å². The maximum absolute atomic E-state index is 13.0. The Bertz CT molecular complexity index is 629. The van der Waals surface area contributed by atoms with Gasteiger partial charge < -0.3 is 5.32 Å². The van der Waals surface area contributed by atoms with Crippen LogP contribution in [0, 0.1) is 17.1 Å². The van der Waals surface area contributed by atoms with Crippen molar-refractivity contribution in [2.45, 2.75) is 6.54 Å². The number of carbonyl (C=O) groups excluding carboxylic acids is 1. The van der Waals surface area contributed by atoms with E-state index in [0.29, 0.717) is 16.7 Å². The van der Waals surface area contributed by atoms with E-state index in [4.69, 9.17) is 5.26 Å². The predicted octanol–water partition coefficient (Wildman–Crippen LogP) is 2.63. The summed E-state index contributed by atoms with van der Waals surface area (Å²) in [5.41, 5.74) is 1.67. The predicted molar refractivity (Wildman–Crippen MR) is 68.7 cm³/mol. The SMILES string of the molecule is N#Cc1ccc(C(=O)NCc2cccc(F)c2)cc1. The van der Waals surface area contributed by atoms with E-state index in [1.807, 2.05) is 6.07 Å². The molecule has 0 heterocycles. The normalized spacial score (nSPS) is 9.68. The Morgan fingerprint density at radius 1 is 1.21 bits per heavy atom. The third-order valence-electron chi connectivity index (χ3n) is 2.62. The number of nitrogens with zero attached hydrogens (tertiary/aromatic N) is 1. The van der Waals surface area contributed by atoms with Gasteiger partial charge in [-0.1, -0.05) is 12.1 Å². The monoisotopic (exact) mass is 254 g/mol. The van der Waals surface area contributed by atoms with Crippen LogP contribution in [0.3, 0.4) is 0 Å². The molecule has 19 heavy (non-hydrogen) atoms. The van der Waals surface area contributed by atoms with Crippen LogP contribution in [0.4, 0.5) is 4.39 Å². The highest BCUT2D eigenvalue weighted by atomic mass is 19.1. The average Bonchev–Trinajstić information content (AvgIpc) is 2.45. The van der Waals surface area contributed by atoms with Gasteiger partial charge in [0.15, 0.2) is 0 Å². The van der Waals surface area contributed by atoms with Crippen molar-refractivity contribution < 1.29 is 9.18 Å². The fraction of sp³-hybridized carbons (Fsp3) is 0.0667. The molecule has 0 aliphatic rings. The first-order chi connectivity index (χ1) is 9.19. The van der Waals surface area contributed by atoms with Crippen LogP contribution in [0.5, 0.6) is 0 Å². The maximum Gasteiger partial charge on any atom is 0.251 e. The minimum absolute atomic E-state index is 0.256. The first-order valence-electron chi connectivity index (χ1n) is 5.72. The Morgan fingerprint density at radius 3 is 2.58 bits per heavy atom. The van der Waals surface area contributed by atoms with Gasteiger partial charge in [0, 0.05) is 12.1 Å². The third kappa shape index (κ3) is 3.39. The fourth-order valence-electron chi connectivity index (χ4n) is 1.63. The summed E-state index contributed by atoms with van der Waals surface area (Å²) >= 11 is 0. The van der Waals surface area contributed by atoms with Crippen LogP contribution in [-0.2, 0) is 6.54 Å². The summed E-state index contributed by atoms with van der Waals surface area (Å²) in [6, 6.07) is 14.4. The van der Waals surface area contributed by atoms with Crippen molar-refractivity contribution in [1.82, 2.24) is 5.32 Å². The maximum atomic E-state index is 13.0. The Balaban J connectivity index is 1.99. The Kier molecular flexibility index (Phi) is 3.89. The van der Waals surface area contributed by atoms with Crippen LogP contribution in [0.2, 0.25) is 0 Å². The highest BCUT2D eigenvalue weighted by molar-refractivity contribution is 5.94. The van der Waals surface area contributed by atoms with E-state index < -0.39 is 0 Å². The van der Waals surface area contributed by atoms with Crippen LogP contribution >= 0.6 is 0 Å². The van der Waals surface area contributed by atoms with Crippen LogP contribution in [0.15, 0.2) is 48.5 Å². The van der Waals surface area contributed by atoms with Crippen molar-refractivity contribution in [3.8, 4) is 6.07 Å². The topological polar surface area (TPSA) is 52.9 Å². The second-order valence-corrected chi connectivity index (χ2v) is 4.00. The molecule has 94 valence electrons. The molecule has 0 fully saturated rings. The third-order valence-corrected chi connectivity index (χ3v) is 2.62. The molecule has 1 amide bonds. The number of nitrogens with one attached hydrogen (secondary N) is 1. The van der Waals surface area contributed by atoms with Gasteiger partial charge in [0.2, 0.25) is 0 Å². The van der Waals surface area contributed by atoms with Gasteiger partial charge in [-0.2, -0.15) is 5.26 Å². The van der Waals surface area contributed by atoms with E-state index in [9.17, 15) is 9.18 Å². The van der Waals surface area contributed by atoms with Crippen molar-refractivity contribution in [2.75, 3.05) is 0 Å². The number of hydrogen-bond acceptors (Lipinski definition) is 2. The van der Waals surface area contributed by atoms with Crippen molar-refractivity contribution >= 4 is 5.91 Å². The second-order valence-electron chi connectivity index (χ2n) is 4.00. The van der Waals surface area contributed by atoms with Crippen molar-refractivity contribution in [1.29, 1.82) is 5.26 Å². The van der Waals surface area contributed by atoms with Crippen molar-refractivity contribution in [3.05, 3.63) is 71.0 Å². The van der Waals surface area contributed by atoms with Gasteiger partial charge in [-0.25, -0.2) is 4.39 Å². The van der Waals surface area contributed by atoms with Gasteiger partial charge in [-0.3, -0.25) is 4.79 Å². The molecular formula is C15H11FN2O. The average molecular weight is 254 g/mol. The molecule has 0 atom stereocenters. The molecule has 0 unspecified atom stereocenters. The van der Waals surface area contributed by atoms with E-state index in [1.165, 1.54) is 12.1 Å². The quantitative estimate of drug-likeness (QED) is 0.915. The van der Waals surface area contributed by atoms with Crippen LogP contribution < -0.4 is 5.32 Å². The van der Waals surface area contributed by atoms with Gasteiger partial charge in [0.1, 0.15) is 5.82 Å². The number of benzene rings is 2. The first-order valence-corrected chi connectivity index (χ1v) is 5.72. The van der Waals surface area contributed by atoms with Gasteiger partial charge in [0.25, 0.3) is 5.91 Å². The molecule has 0 spiro atoms. The molecule has 3 nitrogen and oxygen atoms in total. The molecular weight excluding hydrogens is 243 g/mol. The largest absolute Gasteiger partial charge is 0.348 e. The molecule has 0 saturated carbocycles. The number of amides is 1. The Morgan fingerprint density at radius 2 is 1.95 bits per heavy atom. The molecule has 2 aromatic rings. The summed E-state index contributed by atoms with van der Waals surface area (Å²) in [4.78, 5) is 11.8. The smallest absolute Gasteiger partial charge is 0.251 e. The van der Waals surface area contributed by atoms with E-state index in [1.54, 1.807) is 36.4 Å². The fourth-order valence-corrected chi connectivity index (χ4v) is 1.63. The van der Waals surface area contributed by atoms with Crippen LogP contribution in [-0.4, -0.2) is 5.91 Å². The molecule has 4 heteroatoms. The number of carbonyl (C=O) groups is 1. The summed E-state index contributed by atoms with van der Waals surface area (Å²) in [6.07, 6.45) is 0. The molecule has 0 saturated heterocycles. The lowest BCUT2D eigenvalue weighted by Gasteiger charge is -2.05. The van der Waals surface area contributed by atoms with E-state index in [2.05, 4.69) is 5.32 Å². The van der Waals surface area contributed by atoms with Crippen molar-refractivity contribution in [2.24, 2.45) is 0 Å². The summed E-state index contributed by atoms with van der Waals surface area (Å²) in [5.74, 6) is -0.584. The lowest BCUT2D eigenvalue weighted by molar-refractivity contribution is 0.0951. The number of hydrogen-bond donors (Lipinski definition) is 1. The zero-order chi connectivity index (χ0) is 13.7. The highest BCUT2D eigenvalue weighted by Gasteiger charge is 2.05. The zero-order valence-corrected chi connectivity index (χ0v) is 10.1. The summed E-state index contributed by atoms with van der Waals surface area (Å²) in [5, 5.41) is 11.4. The lowest BCUT2D eigenvalue weighted by atomic mass is 10.1. The highest BCUT2D eigenvalue weighted by Crippen LogP contribution is 2.05. The van der Waals surface area contributed by atoms with Crippen molar-refractivity contribution in [3.63, 3.8) is 0 Å². The molecule has 2 aromatic carbocycles. The van der Waals surface area contributed by atoms with Gasteiger partial charge in [-0.15, -0.1) is 0 Å². The van der Waals surface area contributed by atoms with E-state index >= 15 is 0 Å². The van der Waals surface area contributed by atoms with E-state index in [-0.39, 0.29) is 18.3 Å². The number of halogens is 1. The molecule has 0 aliphatic heterocycles. The van der Waals surface area contributed by atoms with Gasteiger partial charge in [-0.05, 0) is 42.0 Å². The molecule has 0 aliphatic carbocycles. The summed E-state index contributed by atoms with van der Waals surface area (Å²) < 4.78 is 13.0. The zero-order valence-electron chi connectivity index (χ0n) is 10.1. The van der Waals surface area contributed by atoms with Crippen LogP contribution in [0.25, 0.3) is 0 Å². The summed E-state index contributed by atoms with van der Waals surface area (Å²) in [7, 11) is 0. The standard InChI is InChI=1S/C15H11FN2O/c16-14-3-1-2-12(8-14)10-18-15(19)13-6-4-11(9-17)5-7-13/h1-8H,10H2,(H,18,19). The van der Waals surface area contributed by atoms with Crippen LogP contribution in [0.1, 0.15) is 21.5 Å². The summed E-state index contributed by atoms with van der Waals surface area (Å²) in [6.45, 7) is 0.261. The van der Waals surface area contributed by atoms with E-state index in [0.717, 1.165) is 0 Å². The second kappa shape index (κ2) is 5.78. The Labute approximate surface area is 110 Å². The minimum Gasteiger partial charge on any atom is -0.348 e. The number of rotatable bonds is 3. The molecule has 1 N–H and O–H groups in total. The first kappa shape index (κ1) is 12.8. The number of nitriles is 1.